The van der Waals surface area contributed by atoms with Crippen molar-refractivity contribution in [3.8, 4) is 5.88 Å². The van der Waals surface area contributed by atoms with Crippen LogP contribution in [0.3, 0.4) is 0 Å². The van der Waals surface area contributed by atoms with Gasteiger partial charge in [-0.2, -0.15) is 26.6 Å². The third kappa shape index (κ3) is 2.81. The van der Waals surface area contributed by atoms with E-state index in [1.807, 2.05) is 0 Å². The van der Waals surface area contributed by atoms with E-state index in [-0.39, 0.29) is 5.82 Å². The topological polar surface area (TPSA) is 69.2 Å². The van der Waals surface area contributed by atoms with E-state index in [1.54, 1.807) is 0 Å². The van der Waals surface area contributed by atoms with Gasteiger partial charge in [-0.05, 0) is 13.8 Å². The number of hydrogen-bond donors (Lipinski definition) is 0. The van der Waals surface area contributed by atoms with Gasteiger partial charge in [-0.1, -0.05) is 0 Å². The number of hydrogen-bond acceptors (Lipinski definition) is 5. The summed E-state index contributed by atoms with van der Waals surface area (Å²) in [6.07, 6.45) is 0. The first kappa shape index (κ1) is 12.7. The second-order valence-corrected chi connectivity index (χ2v) is 4.42. The van der Waals surface area contributed by atoms with E-state index < -0.39 is 21.5 Å². The van der Waals surface area contributed by atoms with Gasteiger partial charge in [-0.25, -0.2) is 4.98 Å². The van der Waals surface area contributed by atoms with Crippen molar-refractivity contribution in [2.24, 2.45) is 0 Å². The van der Waals surface area contributed by atoms with Crippen LogP contribution in [0.4, 0.5) is 13.2 Å². The molecule has 90 valence electrons. The van der Waals surface area contributed by atoms with Gasteiger partial charge in [0.1, 0.15) is 5.82 Å². The van der Waals surface area contributed by atoms with Crippen LogP contribution in [0, 0.1) is 13.8 Å². The number of aromatic nitrogens is 2. The Morgan fingerprint density at radius 1 is 1.25 bits per heavy atom. The number of aryl methyl sites for hydroxylation is 2. The monoisotopic (exact) mass is 256 g/mol. The molecule has 0 saturated carbocycles. The third-order valence-electron chi connectivity index (χ3n) is 1.42. The molecular formula is C7H7F3N2O3S. The molecule has 0 fully saturated rings. The van der Waals surface area contributed by atoms with Gasteiger partial charge in [0.2, 0.25) is 5.88 Å². The molecule has 0 bridgehead atoms. The van der Waals surface area contributed by atoms with Gasteiger partial charge in [0, 0.05) is 11.8 Å². The van der Waals surface area contributed by atoms with Crippen molar-refractivity contribution in [3.05, 3.63) is 17.6 Å². The maximum Gasteiger partial charge on any atom is 0.534 e. The Balaban J connectivity index is 3.07. The lowest BCUT2D eigenvalue weighted by molar-refractivity contribution is -0.0501. The Kier molecular flexibility index (Phi) is 3.08. The van der Waals surface area contributed by atoms with Gasteiger partial charge in [0.05, 0.1) is 0 Å². The number of nitrogens with zero attached hydrogens (tertiary/aromatic N) is 2. The first-order chi connectivity index (χ1) is 7.12. The van der Waals surface area contributed by atoms with E-state index in [0.29, 0.717) is 5.69 Å². The van der Waals surface area contributed by atoms with Crippen molar-refractivity contribution in [2.75, 3.05) is 0 Å². The summed E-state index contributed by atoms with van der Waals surface area (Å²) in [6, 6.07) is 0.996. The van der Waals surface area contributed by atoms with E-state index in [1.165, 1.54) is 13.8 Å². The fourth-order valence-corrected chi connectivity index (χ4v) is 1.29. The standard InChI is InChI=1S/C7H7F3N2O3S/c1-4-3-6(12-5(2)11-4)15-16(13,14)7(8,9)10/h3H,1-2H3. The van der Waals surface area contributed by atoms with Crippen molar-refractivity contribution in [2.45, 2.75) is 19.4 Å². The predicted molar refractivity (Wildman–Crippen MR) is 47.1 cm³/mol. The first-order valence-electron chi connectivity index (χ1n) is 3.95. The molecule has 0 aliphatic heterocycles. The van der Waals surface area contributed by atoms with Crippen molar-refractivity contribution < 1.29 is 25.8 Å². The molecule has 0 atom stereocenters. The van der Waals surface area contributed by atoms with Crippen LogP contribution in [0.15, 0.2) is 6.07 Å². The summed E-state index contributed by atoms with van der Waals surface area (Å²) in [5.41, 5.74) is -5.17. The van der Waals surface area contributed by atoms with Crippen LogP contribution < -0.4 is 4.18 Å². The van der Waals surface area contributed by atoms with Crippen molar-refractivity contribution >= 4 is 10.1 Å². The van der Waals surface area contributed by atoms with Crippen LogP contribution in [0.2, 0.25) is 0 Å². The SMILES string of the molecule is Cc1cc(OS(=O)(=O)C(F)(F)F)nc(C)n1. The van der Waals surface area contributed by atoms with E-state index in [0.717, 1.165) is 6.07 Å². The van der Waals surface area contributed by atoms with Crippen LogP contribution >= 0.6 is 0 Å². The summed E-state index contributed by atoms with van der Waals surface area (Å²) >= 11 is 0. The Hall–Kier alpha value is -1.38. The van der Waals surface area contributed by atoms with Crippen molar-refractivity contribution in [1.82, 2.24) is 9.97 Å². The molecule has 5 nitrogen and oxygen atoms in total. The second-order valence-electron chi connectivity index (χ2n) is 2.88. The van der Waals surface area contributed by atoms with Gasteiger partial charge in [0.25, 0.3) is 0 Å². The largest absolute Gasteiger partial charge is 0.534 e. The zero-order valence-corrected chi connectivity index (χ0v) is 9.06. The lowest BCUT2D eigenvalue weighted by atomic mass is 10.4. The zero-order chi connectivity index (χ0) is 12.6. The molecule has 0 spiro atoms. The van der Waals surface area contributed by atoms with E-state index >= 15 is 0 Å². The average molecular weight is 256 g/mol. The molecule has 0 unspecified atom stereocenters. The molecule has 1 aromatic heterocycles. The third-order valence-corrected chi connectivity index (χ3v) is 2.38. The van der Waals surface area contributed by atoms with Crippen LogP contribution in [-0.4, -0.2) is 23.9 Å². The van der Waals surface area contributed by atoms with Crippen LogP contribution in [0.1, 0.15) is 11.5 Å². The summed E-state index contributed by atoms with van der Waals surface area (Å²) in [6.45, 7) is 2.88. The normalized spacial score (nSPS) is 12.6. The Bertz CT molecular complexity index is 478. The van der Waals surface area contributed by atoms with Gasteiger partial charge < -0.3 is 4.18 Å². The first-order valence-corrected chi connectivity index (χ1v) is 5.36. The summed E-state index contributed by atoms with van der Waals surface area (Å²) < 4.78 is 61.0. The highest BCUT2D eigenvalue weighted by Crippen LogP contribution is 2.26. The predicted octanol–water partition coefficient (Wildman–Crippen LogP) is 1.32. The lowest BCUT2D eigenvalue weighted by Gasteiger charge is -2.09. The van der Waals surface area contributed by atoms with Gasteiger partial charge >= 0.3 is 15.6 Å². The number of halogens is 3. The van der Waals surface area contributed by atoms with Gasteiger partial charge in [-0.3, -0.25) is 0 Å². The molecule has 16 heavy (non-hydrogen) atoms. The minimum absolute atomic E-state index is 0.118. The molecule has 0 N–H and O–H groups in total. The summed E-state index contributed by atoms with van der Waals surface area (Å²) in [5, 5.41) is 0. The number of rotatable bonds is 2. The molecule has 0 radical (unpaired) electrons. The van der Waals surface area contributed by atoms with E-state index in [2.05, 4.69) is 14.2 Å². The van der Waals surface area contributed by atoms with Crippen LogP contribution in [0.25, 0.3) is 0 Å². The Labute approximate surface area is 89.4 Å². The maximum atomic E-state index is 12.0. The highest BCUT2D eigenvalue weighted by atomic mass is 32.2. The van der Waals surface area contributed by atoms with Crippen molar-refractivity contribution in [3.63, 3.8) is 0 Å². The minimum Gasteiger partial charge on any atom is -0.355 e. The van der Waals surface area contributed by atoms with E-state index in [4.69, 9.17) is 0 Å². The average Bonchev–Trinajstić information content (AvgIpc) is 1.97. The smallest absolute Gasteiger partial charge is 0.355 e. The Morgan fingerprint density at radius 3 is 2.25 bits per heavy atom. The molecule has 9 heteroatoms. The summed E-state index contributed by atoms with van der Waals surface area (Å²) in [5.74, 6) is -0.533. The molecule has 1 heterocycles. The quantitative estimate of drug-likeness (QED) is 0.589. The van der Waals surface area contributed by atoms with E-state index in [9.17, 15) is 21.6 Å². The molecule has 1 rings (SSSR count). The number of alkyl halides is 3. The summed E-state index contributed by atoms with van der Waals surface area (Å²) in [7, 11) is -5.67. The molecule has 0 aliphatic rings. The highest BCUT2D eigenvalue weighted by molar-refractivity contribution is 7.87. The minimum atomic E-state index is -5.67. The highest BCUT2D eigenvalue weighted by Gasteiger charge is 2.48. The van der Waals surface area contributed by atoms with Crippen LogP contribution in [-0.2, 0) is 10.1 Å². The molecule has 0 saturated heterocycles. The summed E-state index contributed by atoms with van der Waals surface area (Å²) in [4.78, 5) is 7.18. The van der Waals surface area contributed by atoms with Crippen LogP contribution in [0.5, 0.6) is 5.88 Å². The molecule has 0 aliphatic carbocycles. The molecule has 0 aromatic carbocycles. The second kappa shape index (κ2) is 3.89. The Morgan fingerprint density at radius 2 is 1.81 bits per heavy atom. The lowest BCUT2D eigenvalue weighted by Crippen LogP contribution is -2.28. The fraction of sp³-hybridized carbons (Fsp3) is 0.429. The zero-order valence-electron chi connectivity index (χ0n) is 8.24. The molecular weight excluding hydrogens is 249 g/mol. The van der Waals surface area contributed by atoms with Gasteiger partial charge in [0.15, 0.2) is 0 Å². The van der Waals surface area contributed by atoms with Crippen molar-refractivity contribution in [1.29, 1.82) is 0 Å². The van der Waals surface area contributed by atoms with Gasteiger partial charge in [-0.15, -0.1) is 0 Å². The maximum absolute atomic E-state index is 12.0. The fourth-order valence-electron chi connectivity index (χ4n) is 0.885. The molecule has 1 aromatic rings. The molecule has 0 amide bonds.